The lowest BCUT2D eigenvalue weighted by Crippen LogP contribution is -2.37. The lowest BCUT2D eigenvalue weighted by Gasteiger charge is -2.30. The summed E-state index contributed by atoms with van der Waals surface area (Å²) in [6.07, 6.45) is 1.36. The number of pyridine rings is 1. The van der Waals surface area contributed by atoms with Crippen LogP contribution in [0.3, 0.4) is 0 Å². The fraction of sp³-hybridized carbons (Fsp3) is 0.222. The first-order chi connectivity index (χ1) is 12.0. The zero-order chi connectivity index (χ0) is 17.9. The Balaban J connectivity index is 1.81. The second-order valence-corrected chi connectivity index (χ2v) is 5.95. The van der Waals surface area contributed by atoms with Gasteiger partial charge in [0.2, 0.25) is 0 Å². The van der Waals surface area contributed by atoms with Crippen molar-refractivity contribution in [2.75, 3.05) is 18.5 Å². The maximum absolute atomic E-state index is 12.3. The summed E-state index contributed by atoms with van der Waals surface area (Å²) in [6.45, 7) is 2.68. The minimum Gasteiger partial charge on any atom is -0.386 e. The maximum atomic E-state index is 12.3. The van der Waals surface area contributed by atoms with E-state index < -0.39 is 5.54 Å². The molecule has 0 aliphatic carbocycles. The van der Waals surface area contributed by atoms with Gasteiger partial charge in [0, 0.05) is 11.9 Å². The maximum Gasteiger partial charge on any atom is 0.274 e. The molecule has 7 heteroatoms. The van der Waals surface area contributed by atoms with Crippen LogP contribution in [0.2, 0.25) is 0 Å². The minimum atomic E-state index is -0.588. The van der Waals surface area contributed by atoms with E-state index in [1.165, 1.54) is 12.3 Å². The highest BCUT2D eigenvalue weighted by atomic mass is 16.5. The Morgan fingerprint density at radius 3 is 2.92 bits per heavy atom. The summed E-state index contributed by atoms with van der Waals surface area (Å²) in [5, 5.41) is 11.6. The summed E-state index contributed by atoms with van der Waals surface area (Å²) >= 11 is 0. The number of aliphatic imine (C=N–C) groups is 1. The molecule has 2 heterocycles. The molecule has 7 nitrogen and oxygen atoms in total. The highest BCUT2D eigenvalue weighted by molar-refractivity contribution is 6.02. The molecular formula is C18H17N5O2. The molecule has 3 rings (SSSR count). The lowest BCUT2D eigenvalue weighted by molar-refractivity contribution is 0.102. The largest absolute Gasteiger partial charge is 0.386 e. The summed E-state index contributed by atoms with van der Waals surface area (Å²) in [4.78, 5) is 20.8. The number of amides is 1. The number of carbonyl (C=O) groups excluding carboxylic acids is 1. The van der Waals surface area contributed by atoms with Crippen molar-refractivity contribution in [1.82, 2.24) is 4.98 Å². The van der Waals surface area contributed by atoms with Crippen LogP contribution in [0.1, 0.15) is 28.5 Å². The summed E-state index contributed by atoms with van der Waals surface area (Å²) < 4.78 is 5.48. The van der Waals surface area contributed by atoms with Crippen molar-refractivity contribution in [2.24, 2.45) is 10.7 Å². The molecule has 1 aromatic carbocycles. The summed E-state index contributed by atoms with van der Waals surface area (Å²) in [5.74, 6) is 0.0969. The molecule has 1 unspecified atom stereocenters. The van der Waals surface area contributed by atoms with Crippen LogP contribution >= 0.6 is 0 Å². The Bertz CT molecular complexity index is 870. The second-order valence-electron chi connectivity index (χ2n) is 5.95. The van der Waals surface area contributed by atoms with Gasteiger partial charge >= 0.3 is 0 Å². The topological polar surface area (TPSA) is 113 Å². The monoisotopic (exact) mass is 335 g/mol. The van der Waals surface area contributed by atoms with Gasteiger partial charge in [-0.2, -0.15) is 5.26 Å². The van der Waals surface area contributed by atoms with Crippen molar-refractivity contribution in [3.05, 3.63) is 59.4 Å². The van der Waals surface area contributed by atoms with Crippen molar-refractivity contribution >= 4 is 17.4 Å². The molecule has 3 N–H and O–H groups in total. The van der Waals surface area contributed by atoms with Crippen LogP contribution < -0.4 is 11.1 Å². The Morgan fingerprint density at radius 2 is 2.24 bits per heavy atom. The molecule has 1 aliphatic rings. The number of hydrogen-bond donors (Lipinski definition) is 2. The van der Waals surface area contributed by atoms with E-state index in [1.807, 2.05) is 31.2 Å². The van der Waals surface area contributed by atoms with Crippen LogP contribution in [0.25, 0.3) is 0 Å². The number of anilines is 1. The van der Waals surface area contributed by atoms with E-state index in [9.17, 15) is 4.79 Å². The quantitative estimate of drug-likeness (QED) is 0.888. The summed E-state index contributed by atoms with van der Waals surface area (Å²) in [5.41, 5.74) is 7.35. The van der Waals surface area contributed by atoms with Gasteiger partial charge in [0.1, 0.15) is 29.7 Å². The first-order valence-corrected chi connectivity index (χ1v) is 7.70. The van der Waals surface area contributed by atoms with Gasteiger partial charge in [-0.05, 0) is 36.8 Å². The first kappa shape index (κ1) is 16.6. The number of rotatable bonds is 3. The molecule has 0 radical (unpaired) electrons. The molecule has 1 atom stereocenters. The van der Waals surface area contributed by atoms with Crippen molar-refractivity contribution in [2.45, 2.75) is 12.5 Å². The van der Waals surface area contributed by atoms with Crippen molar-refractivity contribution < 1.29 is 9.53 Å². The number of hydrogen-bond acceptors (Lipinski definition) is 6. The van der Waals surface area contributed by atoms with E-state index in [4.69, 9.17) is 15.7 Å². The zero-order valence-electron chi connectivity index (χ0n) is 13.7. The van der Waals surface area contributed by atoms with Gasteiger partial charge < -0.3 is 15.8 Å². The molecule has 2 aromatic rings. The first-order valence-electron chi connectivity index (χ1n) is 7.70. The van der Waals surface area contributed by atoms with Gasteiger partial charge in [-0.25, -0.2) is 4.98 Å². The van der Waals surface area contributed by atoms with Gasteiger partial charge in [0.15, 0.2) is 0 Å². The highest BCUT2D eigenvalue weighted by Gasteiger charge is 2.30. The Labute approximate surface area is 145 Å². The Morgan fingerprint density at radius 1 is 1.40 bits per heavy atom. The standard InChI is InChI=1S/C18H17N5O2/c1-18(11-25-10-16(20)23-18)13-3-2-4-14(7-13)22-17(24)15-6-5-12(8-19)9-21-15/h2-7,9H,10-11H2,1H3,(H2,20,23)(H,22,24). The van der Waals surface area contributed by atoms with Crippen molar-refractivity contribution in [3.8, 4) is 6.07 Å². The number of amidine groups is 1. The number of nitriles is 1. The number of carbonyl (C=O) groups is 1. The van der Waals surface area contributed by atoms with Crippen LogP contribution in [-0.2, 0) is 10.3 Å². The number of nitrogens with zero attached hydrogens (tertiary/aromatic N) is 3. The predicted octanol–water partition coefficient (Wildman–Crippen LogP) is 1.81. The lowest BCUT2D eigenvalue weighted by atomic mass is 9.92. The third kappa shape index (κ3) is 3.65. The third-order valence-electron chi connectivity index (χ3n) is 3.89. The van der Waals surface area contributed by atoms with Crippen LogP contribution in [0.15, 0.2) is 47.6 Å². The molecule has 126 valence electrons. The highest BCUT2D eigenvalue weighted by Crippen LogP contribution is 2.29. The third-order valence-corrected chi connectivity index (χ3v) is 3.89. The van der Waals surface area contributed by atoms with Gasteiger partial charge in [0.25, 0.3) is 5.91 Å². The van der Waals surface area contributed by atoms with Crippen LogP contribution in [0.4, 0.5) is 5.69 Å². The van der Waals surface area contributed by atoms with Crippen LogP contribution in [-0.4, -0.2) is 29.9 Å². The van der Waals surface area contributed by atoms with E-state index in [0.29, 0.717) is 30.3 Å². The number of ether oxygens (including phenoxy) is 1. The molecule has 0 saturated heterocycles. The normalized spacial score (nSPS) is 19.6. The van der Waals surface area contributed by atoms with Gasteiger partial charge in [-0.1, -0.05) is 12.1 Å². The molecule has 0 spiro atoms. The van der Waals surface area contributed by atoms with Gasteiger partial charge in [-0.15, -0.1) is 0 Å². The van der Waals surface area contributed by atoms with Crippen LogP contribution in [0, 0.1) is 11.3 Å². The molecule has 1 amide bonds. The van der Waals surface area contributed by atoms with E-state index in [-0.39, 0.29) is 11.6 Å². The fourth-order valence-electron chi connectivity index (χ4n) is 2.61. The number of aromatic nitrogens is 1. The smallest absolute Gasteiger partial charge is 0.274 e. The Hall–Kier alpha value is -3.24. The average molecular weight is 335 g/mol. The summed E-state index contributed by atoms with van der Waals surface area (Å²) in [7, 11) is 0. The number of nitrogens with two attached hydrogens (primary N) is 1. The molecular weight excluding hydrogens is 318 g/mol. The second kappa shape index (κ2) is 6.71. The molecule has 25 heavy (non-hydrogen) atoms. The van der Waals surface area contributed by atoms with E-state index in [1.54, 1.807) is 12.1 Å². The van der Waals surface area contributed by atoms with Crippen LogP contribution in [0.5, 0.6) is 0 Å². The molecule has 1 aliphatic heterocycles. The Kier molecular flexibility index (Phi) is 4.46. The van der Waals surface area contributed by atoms with Gasteiger partial charge in [-0.3, -0.25) is 9.79 Å². The average Bonchev–Trinajstić information content (AvgIpc) is 2.62. The van der Waals surface area contributed by atoms with E-state index in [2.05, 4.69) is 15.3 Å². The number of benzene rings is 1. The zero-order valence-corrected chi connectivity index (χ0v) is 13.7. The summed E-state index contributed by atoms with van der Waals surface area (Å²) in [6, 6.07) is 12.4. The fourth-order valence-corrected chi connectivity index (χ4v) is 2.61. The SMILES string of the molecule is CC1(c2cccc(NC(=O)c3ccc(C#N)cn3)c2)COCC(N)=N1. The van der Waals surface area contributed by atoms with E-state index in [0.717, 1.165) is 5.56 Å². The van der Waals surface area contributed by atoms with Crippen molar-refractivity contribution in [1.29, 1.82) is 5.26 Å². The predicted molar refractivity (Wildman–Crippen MR) is 93.1 cm³/mol. The van der Waals surface area contributed by atoms with Crippen molar-refractivity contribution in [3.63, 3.8) is 0 Å². The van der Waals surface area contributed by atoms with E-state index >= 15 is 0 Å². The molecule has 0 fully saturated rings. The number of nitrogens with one attached hydrogen (secondary N) is 1. The van der Waals surface area contributed by atoms with Gasteiger partial charge in [0.05, 0.1) is 12.2 Å². The minimum absolute atomic E-state index is 0.235. The molecule has 0 bridgehead atoms. The molecule has 1 aromatic heterocycles. The molecule has 0 saturated carbocycles.